The molecule has 0 saturated carbocycles. The standard InChI is InChI=1S/C11H18N2O2/c1-3-9(8-12)13-7-5-4-6-10(13)11(14)15-2/h9-10H,3-7H2,1-2H3. The first-order valence-corrected chi connectivity index (χ1v) is 5.47. The molecule has 2 atom stereocenters. The lowest BCUT2D eigenvalue weighted by atomic mass is 9.99. The second-order valence-corrected chi connectivity index (χ2v) is 3.83. The van der Waals surface area contributed by atoms with Crippen molar-refractivity contribution in [2.45, 2.75) is 44.7 Å². The number of nitrogens with zero attached hydrogens (tertiary/aromatic N) is 2. The van der Waals surface area contributed by atoms with Gasteiger partial charge >= 0.3 is 5.97 Å². The summed E-state index contributed by atoms with van der Waals surface area (Å²) in [6.45, 7) is 2.79. The SMILES string of the molecule is CCC(C#N)N1CCCCC1C(=O)OC. The van der Waals surface area contributed by atoms with Crippen molar-refractivity contribution < 1.29 is 9.53 Å². The minimum atomic E-state index is -0.214. The van der Waals surface area contributed by atoms with Gasteiger partial charge in [-0.1, -0.05) is 13.3 Å². The van der Waals surface area contributed by atoms with Crippen molar-refractivity contribution in [3.63, 3.8) is 0 Å². The molecule has 0 aromatic carbocycles. The topological polar surface area (TPSA) is 53.3 Å². The van der Waals surface area contributed by atoms with Gasteiger partial charge in [0.2, 0.25) is 0 Å². The van der Waals surface area contributed by atoms with Gasteiger partial charge in [-0.15, -0.1) is 0 Å². The monoisotopic (exact) mass is 210 g/mol. The highest BCUT2D eigenvalue weighted by Crippen LogP contribution is 2.21. The van der Waals surface area contributed by atoms with Crippen molar-refractivity contribution in [3.8, 4) is 6.07 Å². The number of nitriles is 1. The molecule has 0 amide bonds. The fourth-order valence-corrected chi connectivity index (χ4v) is 2.12. The molecule has 1 saturated heterocycles. The molecule has 4 nitrogen and oxygen atoms in total. The van der Waals surface area contributed by atoms with Gasteiger partial charge in [0, 0.05) is 6.54 Å². The Kier molecular flexibility index (Phi) is 4.57. The van der Waals surface area contributed by atoms with E-state index in [0.29, 0.717) is 0 Å². The number of rotatable bonds is 3. The molecular formula is C11H18N2O2. The Bertz CT molecular complexity index is 260. The van der Waals surface area contributed by atoms with Gasteiger partial charge in [-0.25, -0.2) is 0 Å². The summed E-state index contributed by atoms with van der Waals surface area (Å²) in [5.74, 6) is -0.205. The van der Waals surface area contributed by atoms with E-state index < -0.39 is 0 Å². The van der Waals surface area contributed by atoms with E-state index in [-0.39, 0.29) is 18.1 Å². The van der Waals surface area contributed by atoms with Gasteiger partial charge in [-0.2, -0.15) is 5.26 Å². The summed E-state index contributed by atoms with van der Waals surface area (Å²) in [5, 5.41) is 9.01. The Balaban J connectivity index is 2.73. The van der Waals surface area contributed by atoms with Crippen molar-refractivity contribution in [3.05, 3.63) is 0 Å². The number of likely N-dealkylation sites (tertiary alicyclic amines) is 1. The predicted molar refractivity (Wildman–Crippen MR) is 56.1 cm³/mol. The molecule has 1 fully saturated rings. The molecule has 0 radical (unpaired) electrons. The summed E-state index contributed by atoms with van der Waals surface area (Å²) in [7, 11) is 1.41. The van der Waals surface area contributed by atoms with E-state index in [2.05, 4.69) is 6.07 Å². The Hall–Kier alpha value is -1.08. The average molecular weight is 210 g/mol. The molecule has 1 aliphatic heterocycles. The van der Waals surface area contributed by atoms with Crippen LogP contribution in [0.1, 0.15) is 32.6 Å². The molecule has 0 aromatic heterocycles. The number of piperidine rings is 1. The van der Waals surface area contributed by atoms with E-state index in [1.165, 1.54) is 7.11 Å². The maximum atomic E-state index is 11.5. The highest BCUT2D eigenvalue weighted by Gasteiger charge is 2.33. The number of carbonyl (C=O) groups is 1. The Morgan fingerprint density at radius 2 is 2.40 bits per heavy atom. The zero-order valence-corrected chi connectivity index (χ0v) is 9.40. The summed E-state index contributed by atoms with van der Waals surface area (Å²) >= 11 is 0. The normalized spacial score (nSPS) is 24.2. The third-order valence-corrected chi connectivity index (χ3v) is 2.95. The van der Waals surface area contributed by atoms with Crippen LogP contribution in [-0.4, -0.2) is 36.6 Å². The molecule has 84 valence electrons. The van der Waals surface area contributed by atoms with Gasteiger partial charge in [0.15, 0.2) is 0 Å². The molecular weight excluding hydrogens is 192 g/mol. The van der Waals surface area contributed by atoms with Crippen LogP contribution in [0, 0.1) is 11.3 Å². The number of hydrogen-bond acceptors (Lipinski definition) is 4. The fourth-order valence-electron chi connectivity index (χ4n) is 2.12. The van der Waals surface area contributed by atoms with Gasteiger partial charge in [0.05, 0.1) is 19.2 Å². The molecule has 0 aliphatic carbocycles. The van der Waals surface area contributed by atoms with Crippen molar-refractivity contribution in [2.75, 3.05) is 13.7 Å². The van der Waals surface area contributed by atoms with Gasteiger partial charge in [0.25, 0.3) is 0 Å². The molecule has 0 N–H and O–H groups in total. The first-order valence-electron chi connectivity index (χ1n) is 5.47. The second-order valence-electron chi connectivity index (χ2n) is 3.83. The molecule has 4 heteroatoms. The lowest BCUT2D eigenvalue weighted by Crippen LogP contribution is -2.49. The predicted octanol–water partition coefficient (Wildman–Crippen LogP) is 1.32. The third kappa shape index (κ3) is 2.69. The lowest BCUT2D eigenvalue weighted by Gasteiger charge is -2.36. The maximum Gasteiger partial charge on any atom is 0.323 e. The number of carbonyl (C=O) groups excluding carboxylic acids is 1. The highest BCUT2D eigenvalue weighted by atomic mass is 16.5. The summed E-state index contributed by atoms with van der Waals surface area (Å²) in [5.41, 5.74) is 0. The van der Waals surface area contributed by atoms with Crippen molar-refractivity contribution in [1.29, 1.82) is 5.26 Å². The van der Waals surface area contributed by atoms with Gasteiger partial charge in [-0.3, -0.25) is 9.69 Å². The smallest absolute Gasteiger partial charge is 0.323 e. The Morgan fingerprint density at radius 3 is 2.93 bits per heavy atom. The van der Waals surface area contributed by atoms with Gasteiger partial charge < -0.3 is 4.74 Å². The van der Waals surface area contributed by atoms with Crippen LogP contribution in [0.2, 0.25) is 0 Å². The summed E-state index contributed by atoms with van der Waals surface area (Å²) in [6, 6.07) is 1.88. The van der Waals surface area contributed by atoms with Gasteiger partial charge in [-0.05, 0) is 19.3 Å². The quantitative estimate of drug-likeness (QED) is 0.659. The van der Waals surface area contributed by atoms with Gasteiger partial charge in [0.1, 0.15) is 6.04 Å². The maximum absolute atomic E-state index is 11.5. The Labute approximate surface area is 90.8 Å². The zero-order chi connectivity index (χ0) is 11.3. The van der Waals surface area contributed by atoms with Crippen molar-refractivity contribution in [2.24, 2.45) is 0 Å². The van der Waals surface area contributed by atoms with Crippen molar-refractivity contribution >= 4 is 5.97 Å². The molecule has 0 spiro atoms. The molecule has 0 bridgehead atoms. The first kappa shape index (κ1) is 12.0. The molecule has 1 rings (SSSR count). The Morgan fingerprint density at radius 1 is 1.67 bits per heavy atom. The van der Waals surface area contributed by atoms with Crippen LogP contribution in [0.4, 0.5) is 0 Å². The van der Waals surface area contributed by atoms with Crippen LogP contribution < -0.4 is 0 Å². The van der Waals surface area contributed by atoms with Crippen LogP contribution in [0.15, 0.2) is 0 Å². The highest BCUT2D eigenvalue weighted by molar-refractivity contribution is 5.75. The summed E-state index contributed by atoms with van der Waals surface area (Å²) < 4.78 is 4.77. The van der Waals surface area contributed by atoms with Crippen LogP contribution in [0.25, 0.3) is 0 Å². The van der Waals surface area contributed by atoms with E-state index in [0.717, 1.165) is 32.2 Å². The molecule has 1 heterocycles. The van der Waals surface area contributed by atoms with Crippen LogP contribution >= 0.6 is 0 Å². The molecule has 1 aliphatic rings. The number of ether oxygens (including phenoxy) is 1. The lowest BCUT2D eigenvalue weighted by molar-refractivity contribution is -0.149. The fraction of sp³-hybridized carbons (Fsp3) is 0.818. The third-order valence-electron chi connectivity index (χ3n) is 2.95. The largest absolute Gasteiger partial charge is 0.468 e. The first-order chi connectivity index (χ1) is 7.24. The number of methoxy groups -OCH3 is 1. The molecule has 0 aromatic rings. The van der Waals surface area contributed by atoms with Crippen LogP contribution in [0.5, 0.6) is 0 Å². The minimum Gasteiger partial charge on any atom is -0.468 e. The van der Waals surface area contributed by atoms with E-state index in [1.54, 1.807) is 0 Å². The van der Waals surface area contributed by atoms with Crippen LogP contribution in [0.3, 0.4) is 0 Å². The van der Waals surface area contributed by atoms with Crippen molar-refractivity contribution in [1.82, 2.24) is 4.90 Å². The van der Waals surface area contributed by atoms with Crippen LogP contribution in [-0.2, 0) is 9.53 Å². The number of esters is 1. The molecule has 15 heavy (non-hydrogen) atoms. The molecule has 2 unspecified atom stereocenters. The zero-order valence-electron chi connectivity index (χ0n) is 9.40. The number of hydrogen-bond donors (Lipinski definition) is 0. The van der Waals surface area contributed by atoms with E-state index in [9.17, 15) is 4.79 Å². The minimum absolute atomic E-state index is 0.158. The van der Waals surface area contributed by atoms with E-state index in [1.807, 2.05) is 11.8 Å². The second kappa shape index (κ2) is 5.72. The summed E-state index contributed by atoms with van der Waals surface area (Å²) in [4.78, 5) is 13.5. The summed E-state index contributed by atoms with van der Waals surface area (Å²) in [6.07, 6.45) is 3.67. The van der Waals surface area contributed by atoms with E-state index >= 15 is 0 Å². The van der Waals surface area contributed by atoms with E-state index in [4.69, 9.17) is 10.00 Å². The average Bonchev–Trinajstić information content (AvgIpc) is 2.30.